The average Bonchev–Trinajstić information content (AvgIpc) is 2.56. The quantitative estimate of drug-likeness (QED) is 0.888. The van der Waals surface area contributed by atoms with Crippen molar-refractivity contribution in [3.05, 3.63) is 11.8 Å². The Balaban J connectivity index is 1.95. The molecule has 20 heavy (non-hydrogen) atoms. The van der Waals surface area contributed by atoms with Gasteiger partial charge in [-0.3, -0.25) is 10.00 Å². The molecule has 6 nitrogen and oxygen atoms in total. The van der Waals surface area contributed by atoms with Crippen molar-refractivity contribution in [1.82, 2.24) is 15.1 Å². The van der Waals surface area contributed by atoms with Gasteiger partial charge in [-0.1, -0.05) is 6.42 Å². The number of aromatic nitrogens is 2. The lowest BCUT2D eigenvalue weighted by molar-refractivity contribution is 0.0634. The van der Waals surface area contributed by atoms with E-state index in [-0.39, 0.29) is 0 Å². The number of hydrogen-bond acceptors (Lipinski definition) is 4. The van der Waals surface area contributed by atoms with Crippen LogP contribution in [0.4, 0.5) is 10.6 Å². The number of nitrogens with one attached hydrogen (secondary N) is 2. The molecule has 1 saturated carbocycles. The van der Waals surface area contributed by atoms with Gasteiger partial charge < -0.3 is 10.1 Å². The van der Waals surface area contributed by atoms with Crippen molar-refractivity contribution in [2.75, 3.05) is 5.32 Å². The predicted octanol–water partition coefficient (Wildman–Crippen LogP) is 2.41. The first-order valence-electron chi connectivity index (χ1n) is 7.09. The number of anilines is 1. The van der Waals surface area contributed by atoms with Crippen LogP contribution in [0, 0.1) is 0 Å². The van der Waals surface area contributed by atoms with Crippen LogP contribution in [0.2, 0.25) is 0 Å². The molecule has 0 spiro atoms. The molecule has 0 aliphatic heterocycles. The van der Waals surface area contributed by atoms with Crippen LogP contribution >= 0.6 is 0 Å². The summed E-state index contributed by atoms with van der Waals surface area (Å²) in [5.74, 6) is 0.686. The topological polar surface area (TPSA) is 68.2 Å². The summed E-state index contributed by atoms with van der Waals surface area (Å²) < 4.78 is 6.92. The molecule has 1 aromatic rings. The molecule has 1 fully saturated rings. The second kappa shape index (κ2) is 5.83. The Morgan fingerprint density at radius 3 is 2.75 bits per heavy atom. The number of carbonyl (C=O) groups is 1. The third-order valence-corrected chi connectivity index (χ3v) is 3.32. The van der Waals surface area contributed by atoms with E-state index in [0.29, 0.717) is 18.4 Å². The molecular formula is C14H24N4O2. The Morgan fingerprint density at radius 2 is 2.20 bits per heavy atom. The highest BCUT2D eigenvalue weighted by Crippen LogP contribution is 2.21. The molecule has 2 N–H and O–H groups in total. The lowest BCUT2D eigenvalue weighted by Crippen LogP contribution is -2.34. The highest BCUT2D eigenvalue weighted by molar-refractivity contribution is 5.84. The van der Waals surface area contributed by atoms with E-state index in [1.54, 1.807) is 17.9 Å². The van der Waals surface area contributed by atoms with Gasteiger partial charge in [0.25, 0.3) is 0 Å². The maximum Gasteiger partial charge on any atom is 0.413 e. The Bertz CT molecular complexity index is 472. The summed E-state index contributed by atoms with van der Waals surface area (Å²) in [6.45, 7) is 6.24. The molecule has 0 unspecified atom stereocenters. The first-order valence-corrected chi connectivity index (χ1v) is 7.09. The molecule has 0 radical (unpaired) electrons. The SMILES string of the molecule is Cn1ncc(CNC2CCC2)c1NC(=O)OC(C)(C)C. The van der Waals surface area contributed by atoms with Gasteiger partial charge in [0.2, 0.25) is 0 Å². The Morgan fingerprint density at radius 1 is 1.50 bits per heavy atom. The van der Waals surface area contributed by atoms with Gasteiger partial charge in [0.15, 0.2) is 0 Å². The summed E-state index contributed by atoms with van der Waals surface area (Å²) in [4.78, 5) is 11.8. The van der Waals surface area contributed by atoms with Gasteiger partial charge in [0, 0.05) is 25.2 Å². The van der Waals surface area contributed by atoms with Gasteiger partial charge in [-0.15, -0.1) is 0 Å². The number of amides is 1. The van der Waals surface area contributed by atoms with Crippen molar-refractivity contribution in [3.63, 3.8) is 0 Å². The third kappa shape index (κ3) is 3.96. The molecule has 1 aliphatic rings. The smallest absolute Gasteiger partial charge is 0.413 e. The van der Waals surface area contributed by atoms with E-state index >= 15 is 0 Å². The molecule has 112 valence electrons. The van der Waals surface area contributed by atoms with E-state index in [1.807, 2.05) is 20.8 Å². The van der Waals surface area contributed by atoms with Crippen LogP contribution in [0.25, 0.3) is 0 Å². The molecular weight excluding hydrogens is 256 g/mol. The number of ether oxygens (including phenoxy) is 1. The third-order valence-electron chi connectivity index (χ3n) is 3.32. The maximum absolute atomic E-state index is 11.8. The van der Waals surface area contributed by atoms with Crippen LogP contribution in [0.15, 0.2) is 6.20 Å². The van der Waals surface area contributed by atoms with Crippen molar-refractivity contribution in [2.24, 2.45) is 7.05 Å². The van der Waals surface area contributed by atoms with Gasteiger partial charge >= 0.3 is 6.09 Å². The Labute approximate surface area is 119 Å². The van der Waals surface area contributed by atoms with Crippen molar-refractivity contribution in [2.45, 2.75) is 58.2 Å². The number of carbonyl (C=O) groups excluding carboxylic acids is 1. The average molecular weight is 280 g/mol. The molecule has 2 rings (SSSR count). The van der Waals surface area contributed by atoms with Crippen molar-refractivity contribution in [1.29, 1.82) is 0 Å². The molecule has 0 aromatic carbocycles. The van der Waals surface area contributed by atoms with Crippen LogP contribution in [-0.4, -0.2) is 27.5 Å². The second-order valence-electron chi connectivity index (χ2n) is 6.28. The minimum absolute atomic E-state index is 0.453. The van der Waals surface area contributed by atoms with Crippen LogP contribution in [0.1, 0.15) is 45.6 Å². The van der Waals surface area contributed by atoms with E-state index in [9.17, 15) is 4.79 Å². The van der Waals surface area contributed by atoms with Gasteiger partial charge in [-0.25, -0.2) is 4.79 Å². The number of nitrogens with zero attached hydrogens (tertiary/aromatic N) is 2. The monoisotopic (exact) mass is 280 g/mol. The fourth-order valence-corrected chi connectivity index (χ4v) is 2.04. The van der Waals surface area contributed by atoms with Crippen molar-refractivity contribution < 1.29 is 9.53 Å². The zero-order valence-corrected chi connectivity index (χ0v) is 12.7. The first kappa shape index (κ1) is 14.8. The van der Waals surface area contributed by atoms with Crippen LogP contribution in [0.3, 0.4) is 0 Å². The predicted molar refractivity (Wildman–Crippen MR) is 77.5 cm³/mol. The molecule has 0 bridgehead atoms. The lowest BCUT2D eigenvalue weighted by Gasteiger charge is -2.26. The molecule has 1 aliphatic carbocycles. The number of aryl methyl sites for hydroxylation is 1. The standard InChI is InChI=1S/C14H24N4O2/c1-14(2,3)20-13(19)17-12-10(9-16-18(12)4)8-15-11-6-5-7-11/h9,11,15H,5-8H2,1-4H3,(H,17,19). The zero-order chi connectivity index (χ0) is 14.8. The summed E-state index contributed by atoms with van der Waals surface area (Å²) in [5, 5.41) is 10.4. The van der Waals surface area contributed by atoms with Crippen LogP contribution in [0.5, 0.6) is 0 Å². The highest BCUT2D eigenvalue weighted by Gasteiger charge is 2.20. The molecule has 6 heteroatoms. The minimum atomic E-state index is -0.507. The fraction of sp³-hybridized carbons (Fsp3) is 0.714. The van der Waals surface area contributed by atoms with Gasteiger partial charge in [0.05, 0.1) is 6.20 Å². The van der Waals surface area contributed by atoms with E-state index in [0.717, 1.165) is 5.56 Å². The van der Waals surface area contributed by atoms with E-state index in [4.69, 9.17) is 4.74 Å². The second-order valence-corrected chi connectivity index (χ2v) is 6.28. The van der Waals surface area contributed by atoms with Crippen LogP contribution in [-0.2, 0) is 18.3 Å². The molecule has 0 saturated heterocycles. The number of hydrogen-bond donors (Lipinski definition) is 2. The van der Waals surface area contributed by atoms with Crippen LogP contribution < -0.4 is 10.6 Å². The zero-order valence-electron chi connectivity index (χ0n) is 12.7. The molecule has 0 atom stereocenters. The van der Waals surface area contributed by atoms with E-state index in [2.05, 4.69) is 15.7 Å². The molecule has 1 amide bonds. The summed E-state index contributed by atoms with van der Waals surface area (Å²) in [5.41, 5.74) is 0.470. The minimum Gasteiger partial charge on any atom is -0.444 e. The summed E-state index contributed by atoms with van der Waals surface area (Å²) in [6, 6.07) is 0.601. The normalized spacial score (nSPS) is 15.8. The molecule has 1 heterocycles. The Hall–Kier alpha value is -1.56. The van der Waals surface area contributed by atoms with E-state index in [1.165, 1.54) is 19.3 Å². The summed E-state index contributed by atoms with van der Waals surface area (Å²) in [6.07, 6.45) is 5.09. The maximum atomic E-state index is 11.8. The number of rotatable bonds is 4. The van der Waals surface area contributed by atoms with Gasteiger partial charge in [-0.2, -0.15) is 5.10 Å². The molecule has 1 aromatic heterocycles. The largest absolute Gasteiger partial charge is 0.444 e. The van der Waals surface area contributed by atoms with Crippen molar-refractivity contribution in [3.8, 4) is 0 Å². The van der Waals surface area contributed by atoms with Crippen molar-refractivity contribution >= 4 is 11.9 Å². The lowest BCUT2D eigenvalue weighted by atomic mass is 9.93. The van der Waals surface area contributed by atoms with Gasteiger partial charge in [0.1, 0.15) is 11.4 Å². The Kier molecular flexibility index (Phi) is 4.32. The van der Waals surface area contributed by atoms with Gasteiger partial charge in [-0.05, 0) is 33.6 Å². The highest BCUT2D eigenvalue weighted by atomic mass is 16.6. The fourth-order valence-electron chi connectivity index (χ4n) is 2.04. The summed E-state index contributed by atoms with van der Waals surface area (Å²) >= 11 is 0. The van der Waals surface area contributed by atoms with E-state index < -0.39 is 11.7 Å². The summed E-state index contributed by atoms with van der Waals surface area (Å²) in [7, 11) is 1.81. The first-order chi connectivity index (χ1) is 9.35.